The SMILES string of the molecule is COc1cc(C[C@H]2COC(=O)/C2=C/c2ccc3c(c2O[C@@H]2O[C@H](CO)[C@@H](O)[C@H](O)[C@H]2O)OCO3)ccc1O. The van der Waals surface area contributed by atoms with E-state index in [1.54, 1.807) is 30.3 Å². The Kier molecular flexibility index (Phi) is 7.32. The van der Waals surface area contributed by atoms with Crippen molar-refractivity contribution in [1.29, 1.82) is 0 Å². The Bertz CT molecular complexity index is 1220. The van der Waals surface area contributed by atoms with Gasteiger partial charge in [0.15, 0.2) is 23.0 Å². The van der Waals surface area contributed by atoms with Crippen LogP contribution in [0.4, 0.5) is 0 Å². The molecule has 2 aromatic carbocycles. The molecule has 5 rings (SSSR count). The Labute approximate surface area is 217 Å². The quantitative estimate of drug-likeness (QED) is 0.241. The van der Waals surface area contributed by atoms with E-state index in [2.05, 4.69) is 0 Å². The maximum Gasteiger partial charge on any atom is 0.334 e. The summed E-state index contributed by atoms with van der Waals surface area (Å²) < 4.78 is 32.9. The molecule has 0 unspecified atom stereocenters. The van der Waals surface area contributed by atoms with Gasteiger partial charge in [0.05, 0.1) is 20.3 Å². The fraction of sp³-hybridized carbons (Fsp3) is 0.423. The average molecular weight is 532 g/mol. The summed E-state index contributed by atoms with van der Waals surface area (Å²) in [5, 5.41) is 50.2. The molecule has 2 aromatic rings. The number of aliphatic hydroxyl groups excluding tert-OH is 4. The van der Waals surface area contributed by atoms with Crippen molar-refractivity contribution in [3.8, 4) is 28.7 Å². The van der Waals surface area contributed by atoms with Crippen molar-refractivity contribution in [2.75, 3.05) is 27.1 Å². The lowest BCUT2D eigenvalue weighted by Gasteiger charge is -2.39. The molecule has 3 heterocycles. The number of esters is 1. The van der Waals surface area contributed by atoms with Crippen LogP contribution in [-0.4, -0.2) is 89.3 Å². The first-order valence-corrected chi connectivity index (χ1v) is 11.9. The molecule has 3 aliphatic heterocycles. The summed E-state index contributed by atoms with van der Waals surface area (Å²) in [4.78, 5) is 12.7. The fourth-order valence-electron chi connectivity index (χ4n) is 4.64. The molecule has 204 valence electrons. The molecule has 12 heteroatoms. The number of carbonyl (C=O) groups is 1. The van der Waals surface area contributed by atoms with Gasteiger partial charge in [0.1, 0.15) is 24.4 Å². The predicted octanol–water partition coefficient (Wildman–Crippen LogP) is 0.107. The monoisotopic (exact) mass is 532 g/mol. The Morgan fingerprint density at radius 3 is 2.63 bits per heavy atom. The molecule has 6 atom stereocenters. The Hall–Kier alpha value is -3.55. The maximum absolute atomic E-state index is 12.7. The lowest BCUT2D eigenvalue weighted by molar-refractivity contribution is -0.277. The highest BCUT2D eigenvalue weighted by molar-refractivity contribution is 5.96. The molecule has 0 aromatic heterocycles. The fourth-order valence-corrected chi connectivity index (χ4v) is 4.64. The minimum atomic E-state index is -1.65. The van der Waals surface area contributed by atoms with Gasteiger partial charge in [-0.05, 0) is 42.3 Å². The second-order valence-electron chi connectivity index (χ2n) is 9.14. The van der Waals surface area contributed by atoms with Crippen molar-refractivity contribution in [3.05, 3.63) is 47.0 Å². The van der Waals surface area contributed by atoms with E-state index in [-0.39, 0.29) is 36.6 Å². The van der Waals surface area contributed by atoms with E-state index in [0.717, 1.165) is 5.56 Å². The van der Waals surface area contributed by atoms with Gasteiger partial charge in [0.2, 0.25) is 18.8 Å². The zero-order valence-corrected chi connectivity index (χ0v) is 20.4. The van der Waals surface area contributed by atoms with Crippen LogP contribution in [0.3, 0.4) is 0 Å². The summed E-state index contributed by atoms with van der Waals surface area (Å²) in [7, 11) is 1.45. The molecule has 0 amide bonds. The maximum atomic E-state index is 12.7. The van der Waals surface area contributed by atoms with E-state index >= 15 is 0 Å². The third-order valence-corrected chi connectivity index (χ3v) is 6.74. The second-order valence-corrected chi connectivity index (χ2v) is 9.14. The van der Waals surface area contributed by atoms with Crippen molar-refractivity contribution in [3.63, 3.8) is 0 Å². The van der Waals surface area contributed by atoms with Crippen molar-refractivity contribution < 1.29 is 58.7 Å². The number of aliphatic hydroxyl groups is 4. The van der Waals surface area contributed by atoms with E-state index in [1.807, 2.05) is 0 Å². The number of aromatic hydroxyl groups is 1. The Morgan fingerprint density at radius 2 is 1.87 bits per heavy atom. The molecule has 2 saturated heterocycles. The van der Waals surface area contributed by atoms with Crippen LogP contribution < -0.4 is 18.9 Å². The summed E-state index contributed by atoms with van der Waals surface area (Å²) >= 11 is 0. The normalized spacial score (nSPS) is 29.4. The van der Waals surface area contributed by atoms with Gasteiger partial charge >= 0.3 is 5.97 Å². The first kappa shape index (κ1) is 26.1. The third-order valence-electron chi connectivity index (χ3n) is 6.74. The van der Waals surface area contributed by atoms with Crippen molar-refractivity contribution in [1.82, 2.24) is 0 Å². The number of phenolic OH excluding ortho intramolecular Hbond substituents is 1. The summed E-state index contributed by atoms with van der Waals surface area (Å²) in [5.74, 6) is 0.0856. The number of hydrogen-bond donors (Lipinski definition) is 5. The van der Waals surface area contributed by atoms with Gasteiger partial charge in [-0.2, -0.15) is 0 Å². The van der Waals surface area contributed by atoms with Gasteiger partial charge in [0.25, 0.3) is 0 Å². The van der Waals surface area contributed by atoms with E-state index < -0.39 is 43.3 Å². The Balaban J connectivity index is 1.47. The molecule has 0 aliphatic carbocycles. The molecule has 0 radical (unpaired) electrons. The van der Waals surface area contributed by atoms with Crippen LogP contribution in [0, 0.1) is 5.92 Å². The minimum Gasteiger partial charge on any atom is -0.504 e. The number of cyclic esters (lactones) is 1. The van der Waals surface area contributed by atoms with Crippen LogP contribution in [0.2, 0.25) is 0 Å². The summed E-state index contributed by atoms with van der Waals surface area (Å²) in [6.07, 6.45) is -5.50. The number of ether oxygens (including phenoxy) is 6. The summed E-state index contributed by atoms with van der Waals surface area (Å²) in [6, 6.07) is 8.19. The molecular formula is C26H28O12. The second kappa shape index (κ2) is 10.7. The lowest BCUT2D eigenvalue weighted by atomic mass is 9.92. The van der Waals surface area contributed by atoms with Gasteiger partial charge < -0.3 is 54.0 Å². The topological polar surface area (TPSA) is 174 Å². The molecule has 0 saturated carbocycles. The zero-order valence-electron chi connectivity index (χ0n) is 20.4. The van der Waals surface area contributed by atoms with E-state index in [1.165, 1.54) is 13.2 Å². The lowest BCUT2D eigenvalue weighted by Crippen LogP contribution is -2.60. The van der Waals surface area contributed by atoms with Crippen molar-refractivity contribution in [2.24, 2.45) is 5.92 Å². The number of benzene rings is 2. The number of methoxy groups -OCH3 is 1. The molecule has 38 heavy (non-hydrogen) atoms. The number of rotatable bonds is 7. The van der Waals surface area contributed by atoms with Gasteiger partial charge in [-0.25, -0.2) is 4.79 Å². The van der Waals surface area contributed by atoms with E-state index in [4.69, 9.17) is 28.4 Å². The minimum absolute atomic E-state index is 0.00103. The predicted molar refractivity (Wildman–Crippen MR) is 128 cm³/mol. The van der Waals surface area contributed by atoms with Crippen LogP contribution in [-0.2, 0) is 20.7 Å². The van der Waals surface area contributed by atoms with Crippen LogP contribution in [0.15, 0.2) is 35.9 Å². The summed E-state index contributed by atoms with van der Waals surface area (Å²) in [5.41, 5.74) is 1.56. The highest BCUT2D eigenvalue weighted by atomic mass is 16.7. The first-order chi connectivity index (χ1) is 18.3. The Morgan fingerprint density at radius 1 is 1.05 bits per heavy atom. The average Bonchev–Trinajstić information content (AvgIpc) is 3.53. The van der Waals surface area contributed by atoms with Gasteiger partial charge in [-0.15, -0.1) is 0 Å². The standard InChI is InChI=1S/C26H28O12/c1-33-18-7-12(2-4-16(18)28)6-14-10-34-25(32)15(14)8-13-3-5-17-24(36-11-35-17)23(13)38-26-22(31)21(30)20(29)19(9-27)37-26/h2-5,7-8,14,19-22,26-31H,6,9-11H2,1H3/b15-8+/t14-,19+,20+,21-,22+,26-/m0/s1. The summed E-state index contributed by atoms with van der Waals surface area (Å²) in [6.45, 7) is -0.571. The van der Waals surface area contributed by atoms with Gasteiger partial charge in [0, 0.05) is 17.1 Å². The van der Waals surface area contributed by atoms with E-state index in [0.29, 0.717) is 29.1 Å². The zero-order chi connectivity index (χ0) is 27.0. The number of hydrogen-bond acceptors (Lipinski definition) is 12. The molecule has 12 nitrogen and oxygen atoms in total. The van der Waals surface area contributed by atoms with Crippen molar-refractivity contribution in [2.45, 2.75) is 37.1 Å². The molecule has 5 N–H and O–H groups in total. The van der Waals surface area contributed by atoms with Crippen LogP contribution in [0.1, 0.15) is 11.1 Å². The molecule has 2 fully saturated rings. The molecule has 0 bridgehead atoms. The van der Waals surface area contributed by atoms with Crippen LogP contribution in [0.25, 0.3) is 6.08 Å². The smallest absolute Gasteiger partial charge is 0.334 e. The van der Waals surface area contributed by atoms with Crippen LogP contribution >= 0.6 is 0 Å². The molecular weight excluding hydrogens is 504 g/mol. The van der Waals surface area contributed by atoms with Gasteiger partial charge in [-0.1, -0.05) is 6.07 Å². The van der Waals surface area contributed by atoms with Crippen molar-refractivity contribution >= 4 is 12.0 Å². The number of phenols is 1. The highest BCUT2D eigenvalue weighted by Crippen LogP contribution is 2.46. The van der Waals surface area contributed by atoms with Gasteiger partial charge in [-0.3, -0.25) is 0 Å². The van der Waals surface area contributed by atoms with Crippen LogP contribution in [0.5, 0.6) is 28.7 Å². The van der Waals surface area contributed by atoms with E-state index in [9.17, 15) is 30.3 Å². The molecule has 0 spiro atoms. The number of carbonyl (C=O) groups excluding carboxylic acids is 1. The third kappa shape index (κ3) is 4.84. The molecule has 3 aliphatic rings. The number of fused-ring (bicyclic) bond motifs is 1. The first-order valence-electron chi connectivity index (χ1n) is 11.9. The highest BCUT2D eigenvalue weighted by Gasteiger charge is 2.45. The largest absolute Gasteiger partial charge is 0.504 e.